The first-order valence-electron chi connectivity index (χ1n) is 21.6. The molecular weight excluding hydrogens is 967 g/mol. The molecule has 0 unspecified atom stereocenters. The number of carbonyl (C=O) groups excluding carboxylic acids is 6. The van der Waals surface area contributed by atoms with Gasteiger partial charge >= 0.3 is 52.6 Å². The third kappa shape index (κ3) is 49.8. The van der Waals surface area contributed by atoms with Gasteiger partial charge in [-0.3, -0.25) is 24.0 Å². The topological polar surface area (TPSA) is 283 Å². The molecule has 0 aliphatic carbocycles. The van der Waals surface area contributed by atoms with E-state index >= 15 is 0 Å². The molecule has 3 N–H and O–H groups in total. The van der Waals surface area contributed by atoms with Crippen molar-refractivity contribution in [2.24, 2.45) is 0 Å². The SMILES string of the molecule is CC(=O)/C=C(/C)[O-].CC(=O)/C=C\[O-].CC(=O)C=C(C)C.CC(=O)CC(C)=O.Cc1cc(C)cc(C(=O)O)c1.Cc1cc(C)cc(C(=O)O)c1.Cc1cc(C)cc(C(=O)O)c1.Cc1cc(C)cc(C(=O)[O-])c1.[Al+3].[Al+3]. The second-order valence-corrected chi connectivity index (χ2v) is 16.4. The summed E-state index contributed by atoms with van der Waals surface area (Å²) in [5, 5.41) is 55.6. The van der Waals surface area contributed by atoms with Gasteiger partial charge in [-0.2, -0.15) is 0 Å². The fraction of sp³-hybridized carbons (Fsp3) is 0.304. The predicted molar refractivity (Wildman–Crippen MR) is 281 cm³/mol. The first-order valence-corrected chi connectivity index (χ1v) is 21.6. The zero-order valence-corrected chi connectivity index (χ0v) is 47.1. The number of allylic oxidation sites excluding steroid dienone is 5. The second-order valence-electron chi connectivity index (χ2n) is 16.4. The first kappa shape index (κ1) is 77.5. The van der Waals surface area contributed by atoms with Crippen molar-refractivity contribution in [2.75, 3.05) is 0 Å². The maximum Gasteiger partial charge on any atom is 3.00 e. The van der Waals surface area contributed by atoms with E-state index < -0.39 is 23.9 Å². The fourth-order valence-electron chi connectivity index (χ4n) is 5.53. The molecule has 4 aromatic rings. The summed E-state index contributed by atoms with van der Waals surface area (Å²) in [5.74, 6) is -4.28. The Kier molecular flexibility index (Phi) is 45.3. The van der Waals surface area contributed by atoms with Crippen molar-refractivity contribution in [1.29, 1.82) is 0 Å². The van der Waals surface area contributed by atoms with E-state index in [2.05, 4.69) is 0 Å². The van der Waals surface area contributed by atoms with Crippen LogP contribution in [0.3, 0.4) is 0 Å². The van der Waals surface area contributed by atoms with E-state index in [0.717, 1.165) is 62.2 Å². The van der Waals surface area contributed by atoms with Gasteiger partial charge in [0.15, 0.2) is 17.3 Å². The third-order valence-corrected chi connectivity index (χ3v) is 7.56. The summed E-state index contributed by atoms with van der Waals surface area (Å²) in [7, 11) is 0. The fourth-order valence-corrected chi connectivity index (χ4v) is 5.53. The molecule has 0 aliphatic heterocycles. The summed E-state index contributed by atoms with van der Waals surface area (Å²) in [4.78, 5) is 91.9. The number of ketones is 5. The van der Waals surface area contributed by atoms with E-state index in [0.29, 0.717) is 23.0 Å². The quantitative estimate of drug-likeness (QED) is 0.0642. The number of Topliss-reactive ketones (excluding diaryl/α,β-unsaturated/α-hetero) is 2. The maximum absolute atomic E-state index is 10.5. The Hall–Kier alpha value is -7.01. The van der Waals surface area contributed by atoms with E-state index in [9.17, 15) is 58.5 Å². The van der Waals surface area contributed by atoms with Gasteiger partial charge in [0.05, 0.1) is 29.1 Å². The van der Waals surface area contributed by atoms with Crippen LogP contribution in [-0.4, -0.2) is 103 Å². The average molecular weight is 1040 g/mol. The Bertz CT molecular complexity index is 2180. The number of carboxylic acid groups (broad SMARTS) is 4. The third-order valence-electron chi connectivity index (χ3n) is 7.56. The van der Waals surface area contributed by atoms with Crippen LogP contribution in [0.5, 0.6) is 0 Å². The average Bonchev–Trinajstić information content (AvgIpc) is 3.16. The number of rotatable bonds is 9. The molecule has 0 bridgehead atoms. The zero-order chi connectivity index (χ0) is 56.3. The Labute approximate surface area is 451 Å². The minimum absolute atomic E-state index is 0. The molecule has 0 aromatic heterocycles. The monoisotopic (exact) mass is 1040 g/mol. The van der Waals surface area contributed by atoms with E-state index in [1.165, 1.54) is 34.6 Å². The molecule has 4 aromatic carbocycles. The molecule has 0 atom stereocenters. The molecular formula is C56H69Al2O15+3. The molecule has 0 spiro atoms. The van der Waals surface area contributed by atoms with Gasteiger partial charge in [0.1, 0.15) is 11.6 Å². The van der Waals surface area contributed by atoms with Crippen molar-refractivity contribution >= 4 is 87.5 Å². The summed E-state index contributed by atoms with van der Waals surface area (Å²) in [6.45, 7) is 27.2. The van der Waals surface area contributed by atoms with Crippen LogP contribution in [0, 0.1) is 55.4 Å². The van der Waals surface area contributed by atoms with Gasteiger partial charge in [-0.05, 0) is 164 Å². The number of aryl methyl sites for hydroxylation is 8. The smallest absolute Gasteiger partial charge is 0.878 e. The van der Waals surface area contributed by atoms with Gasteiger partial charge in [0.2, 0.25) is 0 Å². The van der Waals surface area contributed by atoms with Crippen LogP contribution in [0.25, 0.3) is 0 Å². The summed E-state index contributed by atoms with van der Waals surface area (Å²) in [6, 6.07) is 20.9. The number of hydrogen-bond donors (Lipinski definition) is 3. The molecule has 0 radical (unpaired) electrons. The van der Waals surface area contributed by atoms with Crippen molar-refractivity contribution in [3.8, 4) is 0 Å². The molecule has 17 heteroatoms. The molecule has 0 aliphatic rings. The maximum atomic E-state index is 10.5. The van der Waals surface area contributed by atoms with E-state index in [1.54, 1.807) is 61.5 Å². The summed E-state index contributed by atoms with van der Waals surface area (Å²) < 4.78 is 0. The summed E-state index contributed by atoms with van der Waals surface area (Å²) in [6.07, 6.45) is 4.20. The molecule has 386 valence electrons. The van der Waals surface area contributed by atoms with Crippen LogP contribution in [0.1, 0.15) is 148 Å². The molecule has 0 saturated heterocycles. The van der Waals surface area contributed by atoms with E-state index in [4.69, 9.17) is 15.3 Å². The minimum Gasteiger partial charge on any atom is -0.878 e. The van der Waals surface area contributed by atoms with Crippen LogP contribution in [-0.2, 0) is 24.0 Å². The molecule has 0 fully saturated rings. The van der Waals surface area contributed by atoms with E-state index in [1.807, 2.05) is 93.5 Å². The predicted octanol–water partition coefficient (Wildman–Crippen LogP) is 7.30. The number of carboxylic acids is 4. The molecule has 73 heavy (non-hydrogen) atoms. The largest absolute Gasteiger partial charge is 3.00 e. The molecule has 0 saturated carbocycles. The molecule has 15 nitrogen and oxygen atoms in total. The van der Waals surface area contributed by atoms with Gasteiger partial charge in [-0.15, -0.1) is 12.0 Å². The first-order chi connectivity index (χ1) is 32.5. The number of benzene rings is 4. The molecule has 0 amide bonds. The van der Waals surface area contributed by atoms with Crippen molar-refractivity contribution in [3.63, 3.8) is 0 Å². The summed E-state index contributed by atoms with van der Waals surface area (Å²) in [5.41, 5.74) is 10.2. The van der Waals surface area contributed by atoms with Gasteiger partial charge in [-0.25, -0.2) is 14.4 Å². The summed E-state index contributed by atoms with van der Waals surface area (Å²) >= 11 is 0. The van der Waals surface area contributed by atoms with E-state index in [-0.39, 0.29) is 81.4 Å². The molecule has 4 rings (SSSR count). The van der Waals surface area contributed by atoms with Gasteiger partial charge in [0, 0.05) is 0 Å². The number of aromatic carboxylic acids is 4. The van der Waals surface area contributed by atoms with Crippen LogP contribution in [0.15, 0.2) is 109 Å². The Morgan fingerprint density at radius 3 is 0.712 bits per heavy atom. The van der Waals surface area contributed by atoms with Crippen LogP contribution in [0.4, 0.5) is 0 Å². The van der Waals surface area contributed by atoms with Crippen LogP contribution < -0.4 is 15.3 Å². The Morgan fingerprint density at radius 2 is 0.630 bits per heavy atom. The van der Waals surface area contributed by atoms with Crippen molar-refractivity contribution in [1.82, 2.24) is 0 Å². The Morgan fingerprint density at radius 1 is 0.397 bits per heavy atom. The molecule has 0 heterocycles. The zero-order valence-electron chi connectivity index (χ0n) is 44.8. The second kappa shape index (κ2) is 42.7. The van der Waals surface area contributed by atoms with Gasteiger partial charge in [-0.1, -0.05) is 93.4 Å². The standard InChI is InChI=1S/4C9H10O2.C6H10O.2C5H8O2.C4H6O2.2Al/c4*1-6-3-7(2)5-8(4-6)9(10)11;1-5(2)4-6(3)7;2*1-4(6)3-5(2)7;1-4(6)2-3-5;;/h4*3-5H,1-2H3,(H,10,11);4H,1-3H3;3H2,1-2H3;3,6H,1-2H3;2-3,5H,1H3;;/q;;;;;;;;2*+3/p-3/b;;;;;;4-3-;3-2-;;. The minimum atomic E-state index is -1.11. The van der Waals surface area contributed by atoms with Crippen LogP contribution >= 0.6 is 0 Å². The number of hydrogen-bond acceptors (Lipinski definition) is 12. The van der Waals surface area contributed by atoms with Crippen molar-refractivity contribution in [2.45, 2.75) is 117 Å². The normalized spacial score (nSPS) is 9.23. The van der Waals surface area contributed by atoms with Crippen LogP contribution in [0.2, 0.25) is 0 Å². The van der Waals surface area contributed by atoms with Gasteiger partial charge in [0.25, 0.3) is 0 Å². The van der Waals surface area contributed by atoms with Crippen molar-refractivity contribution in [3.05, 3.63) is 175 Å². The Balaban J connectivity index is -0.000000177. The van der Waals surface area contributed by atoms with Gasteiger partial charge < -0.3 is 35.4 Å². The van der Waals surface area contributed by atoms with Crippen molar-refractivity contribution < 1.29 is 73.8 Å². The number of carbonyl (C=O) groups is 9.